The number of carboxylic acid groups (broad SMARTS) is 1. The lowest BCUT2D eigenvalue weighted by atomic mass is 9.89. The number of aliphatic carboxylic acids is 1. The maximum Gasteiger partial charge on any atom is 0.326 e. The fourth-order valence-electron chi connectivity index (χ4n) is 7.35. The summed E-state index contributed by atoms with van der Waals surface area (Å²) in [6.07, 6.45) is 8.01. The zero-order valence-electron chi connectivity index (χ0n) is 31.7. The van der Waals surface area contributed by atoms with Gasteiger partial charge in [0, 0.05) is 42.0 Å². The maximum absolute atomic E-state index is 11.9. The quantitative estimate of drug-likeness (QED) is 0.0849. The van der Waals surface area contributed by atoms with Crippen LogP contribution < -0.4 is 14.8 Å². The average molecular weight is 770 g/mol. The summed E-state index contributed by atoms with van der Waals surface area (Å²) in [5.41, 5.74) is 9.88. The Balaban J connectivity index is 1.13. The van der Waals surface area contributed by atoms with Gasteiger partial charge in [-0.2, -0.15) is 5.26 Å². The van der Waals surface area contributed by atoms with Crippen molar-refractivity contribution >= 4 is 28.6 Å². The Kier molecular flexibility index (Phi) is 11.4. The summed E-state index contributed by atoms with van der Waals surface area (Å²) in [7, 11) is 0. The van der Waals surface area contributed by atoms with Crippen LogP contribution in [0.25, 0.3) is 33.3 Å². The number of carboxylic acids is 1. The minimum atomic E-state index is -1.59. The summed E-state index contributed by atoms with van der Waals surface area (Å²) < 4.78 is 12.6. The van der Waals surface area contributed by atoms with Crippen LogP contribution in [0, 0.1) is 25.2 Å². The van der Waals surface area contributed by atoms with Crippen LogP contribution in [0.5, 0.6) is 11.5 Å². The van der Waals surface area contributed by atoms with Crippen molar-refractivity contribution in [1.82, 2.24) is 20.3 Å². The number of benzene rings is 4. The van der Waals surface area contributed by atoms with Crippen molar-refractivity contribution in [3.63, 3.8) is 0 Å². The van der Waals surface area contributed by atoms with Crippen LogP contribution in [0.1, 0.15) is 77.7 Å². The zero-order chi connectivity index (χ0) is 39.4. The van der Waals surface area contributed by atoms with Crippen molar-refractivity contribution in [3.8, 4) is 39.8 Å². The molecule has 1 atom stereocenters. The highest BCUT2D eigenvalue weighted by Gasteiger charge is 2.32. The summed E-state index contributed by atoms with van der Waals surface area (Å²) in [6.45, 7) is 5.38. The van der Waals surface area contributed by atoms with Gasteiger partial charge in [0.25, 0.3) is 0 Å². The molecule has 7 rings (SSSR count). The summed E-state index contributed by atoms with van der Waals surface area (Å²) >= 11 is 6.78. The lowest BCUT2D eigenvalue weighted by Gasteiger charge is -2.25. The summed E-state index contributed by atoms with van der Waals surface area (Å²) in [4.78, 5) is 24.5. The van der Waals surface area contributed by atoms with Crippen LogP contribution in [-0.4, -0.2) is 43.3 Å². The van der Waals surface area contributed by atoms with E-state index in [1.165, 1.54) is 44.4 Å². The van der Waals surface area contributed by atoms with Gasteiger partial charge in [-0.1, -0.05) is 66.9 Å². The van der Waals surface area contributed by atoms with E-state index < -0.39 is 18.1 Å². The number of nitrogens with one attached hydrogen (secondary N) is 2. The van der Waals surface area contributed by atoms with E-state index in [-0.39, 0.29) is 19.8 Å². The van der Waals surface area contributed by atoms with E-state index >= 15 is 0 Å². The van der Waals surface area contributed by atoms with E-state index in [9.17, 15) is 20.3 Å². The maximum atomic E-state index is 11.9. The highest BCUT2D eigenvalue weighted by Crippen LogP contribution is 2.38. The molecule has 0 bridgehead atoms. The minimum absolute atomic E-state index is 0.0337. The van der Waals surface area contributed by atoms with Crippen molar-refractivity contribution in [1.29, 1.82) is 5.26 Å². The molecule has 1 aliphatic carbocycles. The Bertz CT molecular complexity index is 2450. The van der Waals surface area contributed by atoms with Gasteiger partial charge in [-0.15, -0.1) is 0 Å². The molecular weight excluding hydrogens is 726 g/mol. The molecule has 286 valence electrons. The Labute approximate surface area is 331 Å². The number of halogens is 1. The summed E-state index contributed by atoms with van der Waals surface area (Å²) in [5.74, 6) is 1.21. The normalized spacial score (nSPS) is 14.1. The summed E-state index contributed by atoms with van der Waals surface area (Å²) in [6, 6.07) is 26.2. The highest BCUT2D eigenvalue weighted by atomic mass is 35.5. The van der Waals surface area contributed by atoms with E-state index in [1.54, 1.807) is 24.4 Å². The van der Waals surface area contributed by atoms with Gasteiger partial charge < -0.3 is 24.7 Å². The molecule has 1 fully saturated rings. The molecule has 0 aliphatic heterocycles. The molecule has 0 amide bonds. The van der Waals surface area contributed by atoms with Gasteiger partial charge in [0.05, 0.1) is 28.2 Å². The number of carbonyl (C=O) groups is 1. The number of nitrogens with zero attached hydrogens (tertiary/aromatic N) is 3. The number of ether oxygens (including phenoxy) is 2. The molecule has 0 spiro atoms. The third-order valence-electron chi connectivity index (χ3n) is 10.9. The van der Waals surface area contributed by atoms with Gasteiger partial charge in [0.1, 0.15) is 42.1 Å². The van der Waals surface area contributed by atoms with Crippen LogP contribution in [0.15, 0.2) is 85.2 Å². The SMILES string of the molecule is Cc1c(COc2cc(OCc3cncc(C#N)c3)c(CNC(C)(CO)C(=O)O)cc2Cl)cccc1-c1cccc(-c2ccc3nc(C4CCCC4)[nH]c3c2)c1C. The number of rotatable bonds is 14. The number of hydrogen-bond acceptors (Lipinski definition) is 8. The van der Waals surface area contributed by atoms with E-state index in [4.69, 9.17) is 26.1 Å². The van der Waals surface area contributed by atoms with E-state index in [0.29, 0.717) is 39.1 Å². The molecular formula is C45H44ClN5O5. The first kappa shape index (κ1) is 38.5. The van der Waals surface area contributed by atoms with Crippen molar-refractivity contribution in [2.45, 2.75) is 77.7 Å². The fraction of sp³-hybridized carbons (Fsp3) is 0.289. The van der Waals surface area contributed by atoms with E-state index in [0.717, 1.165) is 50.2 Å². The second-order valence-corrected chi connectivity index (χ2v) is 15.1. The molecule has 11 heteroatoms. The number of pyridine rings is 1. The summed E-state index contributed by atoms with van der Waals surface area (Å²) in [5, 5.41) is 32.0. The number of imidazole rings is 1. The topological polar surface area (TPSA) is 153 Å². The Morgan fingerprint density at radius 3 is 2.43 bits per heavy atom. The number of fused-ring (bicyclic) bond motifs is 1. The molecule has 1 unspecified atom stereocenters. The molecule has 1 aliphatic rings. The molecule has 10 nitrogen and oxygen atoms in total. The Hall–Kier alpha value is -5.73. The number of aromatic nitrogens is 3. The third kappa shape index (κ3) is 8.12. The smallest absolute Gasteiger partial charge is 0.326 e. The molecule has 4 N–H and O–H groups in total. The average Bonchev–Trinajstić information content (AvgIpc) is 3.90. The number of aliphatic hydroxyl groups excluding tert-OH is 1. The number of aliphatic hydroxyl groups is 1. The third-order valence-corrected chi connectivity index (χ3v) is 11.2. The van der Waals surface area contributed by atoms with Crippen molar-refractivity contribution in [2.24, 2.45) is 0 Å². The minimum Gasteiger partial charge on any atom is -0.488 e. The van der Waals surface area contributed by atoms with Crippen LogP contribution in [0.2, 0.25) is 5.02 Å². The predicted octanol–water partition coefficient (Wildman–Crippen LogP) is 9.17. The van der Waals surface area contributed by atoms with Crippen LogP contribution >= 0.6 is 11.6 Å². The fourth-order valence-corrected chi connectivity index (χ4v) is 7.59. The largest absolute Gasteiger partial charge is 0.488 e. The molecule has 0 saturated heterocycles. The van der Waals surface area contributed by atoms with Gasteiger partial charge in [0.15, 0.2) is 0 Å². The van der Waals surface area contributed by atoms with E-state index in [1.807, 2.05) is 12.1 Å². The lowest BCUT2D eigenvalue weighted by molar-refractivity contribution is -0.145. The zero-order valence-corrected chi connectivity index (χ0v) is 32.4. The molecule has 2 heterocycles. The van der Waals surface area contributed by atoms with Crippen LogP contribution in [-0.2, 0) is 24.6 Å². The Morgan fingerprint density at radius 1 is 0.946 bits per heavy atom. The first-order valence-corrected chi connectivity index (χ1v) is 19.1. The second-order valence-electron chi connectivity index (χ2n) is 14.7. The highest BCUT2D eigenvalue weighted by molar-refractivity contribution is 6.32. The molecule has 56 heavy (non-hydrogen) atoms. The number of aromatic amines is 1. The molecule has 4 aromatic carbocycles. The molecule has 2 aromatic heterocycles. The van der Waals surface area contributed by atoms with Gasteiger partial charge >= 0.3 is 5.97 Å². The van der Waals surface area contributed by atoms with Crippen molar-refractivity contribution < 1.29 is 24.5 Å². The van der Waals surface area contributed by atoms with Crippen molar-refractivity contribution in [2.75, 3.05) is 6.61 Å². The number of hydrogen-bond donors (Lipinski definition) is 4. The van der Waals surface area contributed by atoms with Crippen LogP contribution in [0.4, 0.5) is 0 Å². The monoisotopic (exact) mass is 769 g/mol. The van der Waals surface area contributed by atoms with Crippen molar-refractivity contribution in [3.05, 3.63) is 129 Å². The van der Waals surface area contributed by atoms with Crippen LogP contribution in [0.3, 0.4) is 0 Å². The first-order chi connectivity index (χ1) is 27.1. The molecule has 6 aromatic rings. The Morgan fingerprint density at radius 2 is 1.68 bits per heavy atom. The van der Waals surface area contributed by atoms with Gasteiger partial charge in [-0.3, -0.25) is 15.1 Å². The lowest BCUT2D eigenvalue weighted by Crippen LogP contribution is -2.52. The molecule has 0 radical (unpaired) electrons. The number of H-pyrrole nitrogens is 1. The van der Waals surface area contributed by atoms with Gasteiger partial charge in [-0.05, 0) is 96.8 Å². The van der Waals surface area contributed by atoms with E-state index in [2.05, 4.69) is 77.7 Å². The van der Waals surface area contributed by atoms with Gasteiger partial charge in [-0.25, -0.2) is 4.98 Å². The standard InChI is InChI=1S/C45H44ClN5O5/c1-27-33(10-6-12-36(27)37-13-7-11-35(28(37)2)32-14-15-39-40(18-32)51-43(50-39)31-8-4-5-9-31)25-56-42-19-41(55-24-30-16-29(20-47)21-48-22-30)34(17-38(42)46)23-49-45(3,26-52)44(53)54/h6-7,10-19,21-22,31,49,52H,4-5,8-9,23-26H2,1-3H3,(H,50,51)(H,53,54). The molecule has 1 saturated carbocycles. The predicted molar refractivity (Wildman–Crippen MR) is 217 cm³/mol. The first-order valence-electron chi connectivity index (χ1n) is 18.8. The number of nitriles is 1. The van der Waals surface area contributed by atoms with Gasteiger partial charge in [0.2, 0.25) is 0 Å². The second kappa shape index (κ2) is 16.6.